The molecule has 4 nitrogen and oxygen atoms in total. The van der Waals surface area contributed by atoms with Gasteiger partial charge in [-0.1, -0.05) is 42.5 Å². The minimum absolute atomic E-state index is 0.0859. The lowest BCUT2D eigenvalue weighted by Gasteiger charge is -2.12. The predicted octanol–water partition coefficient (Wildman–Crippen LogP) is 5.50. The number of carbonyl (C=O) groups is 1. The number of rotatable bonds is 6. The van der Waals surface area contributed by atoms with Crippen molar-refractivity contribution in [2.75, 3.05) is 13.7 Å². The van der Waals surface area contributed by atoms with Crippen LogP contribution in [-0.2, 0) is 6.42 Å². The molecule has 4 aromatic rings. The topological polar surface area (TPSA) is 51.2 Å². The van der Waals surface area contributed by atoms with Gasteiger partial charge >= 0.3 is 0 Å². The Bertz CT molecular complexity index is 1230. The molecule has 0 unspecified atom stereocenters. The van der Waals surface area contributed by atoms with Crippen molar-refractivity contribution in [1.29, 1.82) is 0 Å². The van der Waals surface area contributed by atoms with Crippen LogP contribution in [0, 0.1) is 13.8 Å². The maximum atomic E-state index is 13.1. The highest BCUT2D eigenvalue weighted by molar-refractivity contribution is 6.07. The zero-order chi connectivity index (χ0) is 21.8. The predicted molar refractivity (Wildman–Crippen MR) is 126 cm³/mol. The molecule has 1 N–H and O–H groups in total. The highest BCUT2D eigenvalue weighted by atomic mass is 16.5. The van der Waals surface area contributed by atoms with E-state index >= 15 is 0 Å². The molecule has 0 radical (unpaired) electrons. The standard InChI is InChI=1S/C27H26N2O2/c1-18-8-11-21(16-19(18)2)26-17-24(23-6-4-5-7-25(23)29-26)27(30)28-15-14-20-9-12-22(31-3)13-10-20/h4-13,16-17H,14-15H2,1-3H3,(H,28,30). The van der Waals surface area contributed by atoms with Crippen LogP contribution in [0.5, 0.6) is 5.75 Å². The fourth-order valence-electron chi connectivity index (χ4n) is 3.62. The van der Waals surface area contributed by atoms with E-state index in [0.29, 0.717) is 12.1 Å². The summed E-state index contributed by atoms with van der Waals surface area (Å²) in [4.78, 5) is 17.9. The number of aromatic nitrogens is 1. The van der Waals surface area contributed by atoms with Crippen LogP contribution in [0.3, 0.4) is 0 Å². The zero-order valence-electron chi connectivity index (χ0n) is 18.1. The smallest absolute Gasteiger partial charge is 0.252 e. The quantitative estimate of drug-likeness (QED) is 0.457. The zero-order valence-corrected chi connectivity index (χ0v) is 18.1. The SMILES string of the molecule is COc1ccc(CCNC(=O)c2cc(-c3ccc(C)c(C)c3)nc3ccccc23)cc1. The Hall–Kier alpha value is -3.66. The van der Waals surface area contributed by atoms with Gasteiger partial charge in [-0.2, -0.15) is 0 Å². The van der Waals surface area contributed by atoms with Crippen molar-refractivity contribution in [2.45, 2.75) is 20.3 Å². The molecule has 1 amide bonds. The number of nitrogens with zero attached hydrogens (tertiary/aromatic N) is 1. The van der Waals surface area contributed by atoms with Crippen molar-refractivity contribution in [3.05, 3.63) is 95.1 Å². The summed E-state index contributed by atoms with van der Waals surface area (Å²) in [5, 5.41) is 3.93. The Morgan fingerprint density at radius 2 is 1.71 bits per heavy atom. The highest BCUT2D eigenvalue weighted by Crippen LogP contribution is 2.26. The van der Waals surface area contributed by atoms with E-state index in [4.69, 9.17) is 9.72 Å². The molecule has 31 heavy (non-hydrogen) atoms. The molecular weight excluding hydrogens is 384 g/mol. The number of carbonyl (C=O) groups excluding carboxylic acids is 1. The summed E-state index contributed by atoms with van der Waals surface area (Å²) in [5.41, 5.74) is 6.88. The number of pyridine rings is 1. The summed E-state index contributed by atoms with van der Waals surface area (Å²) in [6.07, 6.45) is 0.753. The van der Waals surface area contributed by atoms with Gasteiger partial charge in [0.1, 0.15) is 5.75 Å². The Kier molecular flexibility index (Phi) is 5.99. The Morgan fingerprint density at radius 3 is 2.45 bits per heavy atom. The fraction of sp³-hybridized carbons (Fsp3) is 0.185. The lowest BCUT2D eigenvalue weighted by molar-refractivity contribution is 0.0955. The van der Waals surface area contributed by atoms with Crippen molar-refractivity contribution >= 4 is 16.8 Å². The Morgan fingerprint density at radius 1 is 0.935 bits per heavy atom. The molecule has 0 bridgehead atoms. The van der Waals surface area contributed by atoms with E-state index in [-0.39, 0.29) is 5.91 Å². The Labute approximate surface area is 182 Å². The first-order valence-electron chi connectivity index (χ1n) is 10.4. The summed E-state index contributed by atoms with van der Waals surface area (Å²) in [6, 6.07) is 23.9. The molecule has 4 heteroatoms. The van der Waals surface area contributed by atoms with Crippen molar-refractivity contribution in [3.63, 3.8) is 0 Å². The normalized spacial score (nSPS) is 10.8. The number of amides is 1. The number of methoxy groups -OCH3 is 1. The largest absolute Gasteiger partial charge is 0.497 e. The number of aryl methyl sites for hydroxylation is 2. The second kappa shape index (κ2) is 9.00. The minimum Gasteiger partial charge on any atom is -0.497 e. The maximum absolute atomic E-state index is 13.1. The second-order valence-electron chi connectivity index (χ2n) is 7.73. The molecular formula is C27H26N2O2. The van der Waals surface area contributed by atoms with Gasteiger partial charge in [0.25, 0.3) is 5.91 Å². The van der Waals surface area contributed by atoms with Gasteiger partial charge in [0.2, 0.25) is 0 Å². The van der Waals surface area contributed by atoms with Crippen LogP contribution >= 0.6 is 0 Å². The molecule has 4 rings (SSSR count). The van der Waals surface area contributed by atoms with E-state index < -0.39 is 0 Å². The van der Waals surface area contributed by atoms with E-state index in [2.05, 4.69) is 37.4 Å². The third-order valence-corrected chi connectivity index (χ3v) is 5.62. The van der Waals surface area contributed by atoms with Crippen LogP contribution in [0.4, 0.5) is 0 Å². The number of hydrogen-bond donors (Lipinski definition) is 1. The van der Waals surface area contributed by atoms with E-state index in [9.17, 15) is 4.79 Å². The molecule has 0 saturated carbocycles. The molecule has 0 aliphatic rings. The van der Waals surface area contributed by atoms with Crippen LogP contribution < -0.4 is 10.1 Å². The van der Waals surface area contributed by atoms with Gasteiger partial charge in [0.15, 0.2) is 0 Å². The first-order valence-corrected chi connectivity index (χ1v) is 10.4. The van der Waals surface area contributed by atoms with Gasteiger partial charge < -0.3 is 10.1 Å². The summed E-state index contributed by atoms with van der Waals surface area (Å²) in [7, 11) is 1.65. The Balaban J connectivity index is 1.59. The molecule has 156 valence electrons. The third-order valence-electron chi connectivity index (χ3n) is 5.62. The number of hydrogen-bond acceptors (Lipinski definition) is 3. The molecule has 1 heterocycles. The molecule has 3 aromatic carbocycles. The molecule has 0 saturated heterocycles. The van der Waals surface area contributed by atoms with Crippen molar-refractivity contribution < 1.29 is 9.53 Å². The minimum atomic E-state index is -0.0859. The summed E-state index contributed by atoms with van der Waals surface area (Å²) >= 11 is 0. The second-order valence-corrected chi connectivity index (χ2v) is 7.73. The summed E-state index contributed by atoms with van der Waals surface area (Å²) in [5.74, 6) is 0.743. The van der Waals surface area contributed by atoms with Gasteiger partial charge in [0.05, 0.1) is 23.9 Å². The molecule has 1 aromatic heterocycles. The fourth-order valence-corrected chi connectivity index (χ4v) is 3.62. The van der Waals surface area contributed by atoms with E-state index in [1.165, 1.54) is 11.1 Å². The van der Waals surface area contributed by atoms with Crippen molar-refractivity contribution in [3.8, 4) is 17.0 Å². The summed E-state index contributed by atoms with van der Waals surface area (Å²) < 4.78 is 5.20. The molecule has 0 fully saturated rings. The third kappa shape index (κ3) is 4.58. The van der Waals surface area contributed by atoms with Crippen molar-refractivity contribution in [2.24, 2.45) is 0 Å². The number of fused-ring (bicyclic) bond motifs is 1. The average molecular weight is 411 g/mol. The van der Waals surface area contributed by atoms with Crippen LogP contribution in [-0.4, -0.2) is 24.5 Å². The molecule has 0 aliphatic carbocycles. The van der Waals surface area contributed by atoms with Gasteiger partial charge in [-0.05, 0) is 67.3 Å². The van der Waals surface area contributed by atoms with Crippen LogP contribution in [0.2, 0.25) is 0 Å². The lowest BCUT2D eigenvalue weighted by Crippen LogP contribution is -2.26. The molecule has 0 aliphatic heterocycles. The number of benzene rings is 3. The molecule has 0 atom stereocenters. The highest BCUT2D eigenvalue weighted by Gasteiger charge is 2.14. The van der Waals surface area contributed by atoms with Gasteiger partial charge in [0, 0.05) is 17.5 Å². The van der Waals surface area contributed by atoms with Gasteiger partial charge in [-0.25, -0.2) is 4.98 Å². The van der Waals surface area contributed by atoms with E-state index in [1.54, 1.807) is 7.11 Å². The van der Waals surface area contributed by atoms with Crippen LogP contribution in [0.25, 0.3) is 22.2 Å². The van der Waals surface area contributed by atoms with Crippen LogP contribution in [0.15, 0.2) is 72.8 Å². The average Bonchev–Trinajstić information content (AvgIpc) is 2.80. The maximum Gasteiger partial charge on any atom is 0.252 e. The van der Waals surface area contributed by atoms with Crippen LogP contribution in [0.1, 0.15) is 27.0 Å². The van der Waals surface area contributed by atoms with Gasteiger partial charge in [-0.3, -0.25) is 4.79 Å². The lowest BCUT2D eigenvalue weighted by atomic mass is 10.0. The first kappa shape index (κ1) is 20.6. The van der Waals surface area contributed by atoms with Gasteiger partial charge in [-0.15, -0.1) is 0 Å². The van der Waals surface area contributed by atoms with Crippen molar-refractivity contribution in [1.82, 2.24) is 10.3 Å². The van der Waals surface area contributed by atoms with E-state index in [1.807, 2.05) is 54.6 Å². The monoisotopic (exact) mass is 410 g/mol. The summed E-state index contributed by atoms with van der Waals surface area (Å²) in [6.45, 7) is 4.74. The first-order chi connectivity index (χ1) is 15.0. The number of ether oxygens (including phenoxy) is 1. The van der Waals surface area contributed by atoms with E-state index in [0.717, 1.165) is 39.9 Å². The number of nitrogens with one attached hydrogen (secondary N) is 1. The number of para-hydroxylation sites is 1. The molecule has 0 spiro atoms.